The number of hydrogen-bond acceptors (Lipinski definition) is 3. The minimum absolute atomic E-state index is 0.615. The number of halogens is 1. The van der Waals surface area contributed by atoms with Gasteiger partial charge >= 0.3 is 0 Å². The van der Waals surface area contributed by atoms with E-state index in [0.29, 0.717) is 5.92 Å². The zero-order valence-electron chi connectivity index (χ0n) is 12.9. The van der Waals surface area contributed by atoms with Gasteiger partial charge in [0.25, 0.3) is 0 Å². The number of hydrogen-bond donors (Lipinski definition) is 1. The Balaban J connectivity index is 1.58. The summed E-state index contributed by atoms with van der Waals surface area (Å²) in [5.74, 6) is 0.615. The predicted octanol–water partition coefficient (Wildman–Crippen LogP) is 2.21. The molecule has 2 saturated heterocycles. The molecule has 3 rings (SSSR count). The third-order valence-corrected chi connectivity index (χ3v) is 5.15. The molecule has 1 N–H and O–H groups in total. The number of nitrogens with one attached hydrogen (secondary N) is 1. The smallest absolute Gasteiger partial charge is 0.0444 e. The van der Waals surface area contributed by atoms with Crippen molar-refractivity contribution in [2.24, 2.45) is 0 Å². The van der Waals surface area contributed by atoms with E-state index in [1.54, 1.807) is 0 Å². The highest BCUT2D eigenvalue weighted by molar-refractivity contribution is 6.31. The van der Waals surface area contributed by atoms with Gasteiger partial charge in [0, 0.05) is 44.3 Å². The van der Waals surface area contributed by atoms with Crippen molar-refractivity contribution in [3.05, 3.63) is 34.3 Å². The summed E-state index contributed by atoms with van der Waals surface area (Å²) in [6, 6.07) is 6.73. The van der Waals surface area contributed by atoms with Gasteiger partial charge in [-0.1, -0.05) is 23.7 Å². The Bertz CT molecular complexity index is 471. The minimum Gasteiger partial charge on any atom is -0.314 e. The fraction of sp³-hybridized carbons (Fsp3) is 0.647. The molecule has 0 bridgehead atoms. The summed E-state index contributed by atoms with van der Waals surface area (Å²) in [6.45, 7) is 8.04. The number of likely N-dealkylation sites (tertiary alicyclic amines) is 1. The molecule has 0 radical (unpaired) electrons. The Morgan fingerprint density at radius 3 is 2.71 bits per heavy atom. The predicted molar refractivity (Wildman–Crippen MR) is 89.3 cm³/mol. The van der Waals surface area contributed by atoms with Crippen LogP contribution in [-0.4, -0.2) is 62.7 Å². The normalized spacial score (nSPS) is 24.6. The second-order valence-corrected chi connectivity index (χ2v) is 6.85. The van der Waals surface area contributed by atoms with Crippen molar-refractivity contribution >= 4 is 11.6 Å². The molecule has 2 heterocycles. The van der Waals surface area contributed by atoms with Crippen LogP contribution in [0, 0.1) is 0 Å². The van der Waals surface area contributed by atoms with Crippen LogP contribution in [0.3, 0.4) is 0 Å². The third-order valence-electron chi connectivity index (χ3n) is 4.82. The molecular weight excluding hydrogens is 282 g/mol. The maximum atomic E-state index is 6.54. The first-order valence-electron chi connectivity index (χ1n) is 8.12. The lowest BCUT2D eigenvalue weighted by Crippen LogP contribution is -2.44. The summed E-state index contributed by atoms with van der Waals surface area (Å²) < 4.78 is 0. The van der Waals surface area contributed by atoms with E-state index in [1.807, 2.05) is 0 Å². The van der Waals surface area contributed by atoms with Gasteiger partial charge < -0.3 is 15.1 Å². The first-order chi connectivity index (χ1) is 10.2. The molecule has 21 heavy (non-hydrogen) atoms. The van der Waals surface area contributed by atoms with Crippen molar-refractivity contribution in [2.75, 3.05) is 52.9 Å². The summed E-state index contributed by atoms with van der Waals surface area (Å²) in [6.07, 6.45) is 2.33. The van der Waals surface area contributed by atoms with E-state index in [4.69, 9.17) is 11.6 Å². The molecule has 0 amide bonds. The van der Waals surface area contributed by atoms with Gasteiger partial charge in [-0.05, 0) is 49.5 Å². The quantitative estimate of drug-likeness (QED) is 0.920. The summed E-state index contributed by atoms with van der Waals surface area (Å²) >= 11 is 6.54. The van der Waals surface area contributed by atoms with Gasteiger partial charge in [0.05, 0.1) is 0 Å². The van der Waals surface area contributed by atoms with Gasteiger partial charge in [0.2, 0.25) is 0 Å². The Hall–Kier alpha value is -0.610. The molecule has 0 aliphatic carbocycles. The van der Waals surface area contributed by atoms with Crippen LogP contribution in [0.2, 0.25) is 5.02 Å². The van der Waals surface area contributed by atoms with Gasteiger partial charge in [-0.15, -0.1) is 0 Å². The zero-order chi connectivity index (χ0) is 14.7. The molecule has 2 fully saturated rings. The van der Waals surface area contributed by atoms with Gasteiger partial charge in [0.1, 0.15) is 0 Å². The molecule has 0 aromatic heterocycles. The standard InChI is InChI=1S/C17H26ClN3/c1-20-8-5-15(13-20)16-3-2-14(12-17(16)18)4-9-21-10-6-19-7-11-21/h2-3,12,15,19H,4-11,13H2,1H3. The van der Waals surface area contributed by atoms with E-state index in [9.17, 15) is 0 Å². The average molecular weight is 308 g/mol. The SMILES string of the molecule is CN1CCC(c2ccc(CCN3CCNCC3)cc2Cl)C1. The Kier molecular flexibility index (Phi) is 5.17. The van der Waals surface area contributed by atoms with Crippen LogP contribution in [0.25, 0.3) is 0 Å². The molecule has 1 atom stereocenters. The molecule has 2 aliphatic rings. The second kappa shape index (κ2) is 7.10. The summed E-state index contributed by atoms with van der Waals surface area (Å²) in [5.41, 5.74) is 2.71. The van der Waals surface area contributed by atoms with Crippen LogP contribution in [0.1, 0.15) is 23.5 Å². The molecule has 1 unspecified atom stereocenters. The highest BCUT2D eigenvalue weighted by atomic mass is 35.5. The summed E-state index contributed by atoms with van der Waals surface area (Å²) in [7, 11) is 2.19. The van der Waals surface area contributed by atoms with E-state index in [1.165, 1.54) is 37.2 Å². The van der Waals surface area contributed by atoms with Crippen molar-refractivity contribution < 1.29 is 0 Å². The van der Waals surface area contributed by atoms with E-state index in [0.717, 1.165) is 37.6 Å². The highest BCUT2D eigenvalue weighted by Gasteiger charge is 2.23. The third kappa shape index (κ3) is 3.98. The first kappa shape index (κ1) is 15.3. The van der Waals surface area contributed by atoms with Gasteiger partial charge in [0.15, 0.2) is 0 Å². The average Bonchev–Trinajstić information content (AvgIpc) is 2.92. The minimum atomic E-state index is 0.615. The van der Waals surface area contributed by atoms with Crippen molar-refractivity contribution in [2.45, 2.75) is 18.8 Å². The number of rotatable bonds is 4. The van der Waals surface area contributed by atoms with E-state index >= 15 is 0 Å². The van der Waals surface area contributed by atoms with Gasteiger partial charge in [-0.3, -0.25) is 0 Å². The molecule has 0 spiro atoms. The van der Waals surface area contributed by atoms with Crippen LogP contribution in [0.15, 0.2) is 18.2 Å². The van der Waals surface area contributed by atoms with Crippen LogP contribution >= 0.6 is 11.6 Å². The molecular formula is C17H26ClN3. The number of piperazine rings is 1. The number of benzene rings is 1. The molecule has 3 nitrogen and oxygen atoms in total. The topological polar surface area (TPSA) is 18.5 Å². The largest absolute Gasteiger partial charge is 0.314 e. The summed E-state index contributed by atoms with van der Waals surface area (Å²) in [5, 5.41) is 4.36. The van der Waals surface area contributed by atoms with Crippen LogP contribution in [0.4, 0.5) is 0 Å². The lowest BCUT2D eigenvalue weighted by molar-refractivity contribution is 0.244. The molecule has 4 heteroatoms. The van der Waals surface area contributed by atoms with Crippen LogP contribution < -0.4 is 5.32 Å². The highest BCUT2D eigenvalue weighted by Crippen LogP contribution is 2.32. The maximum absolute atomic E-state index is 6.54. The fourth-order valence-electron chi connectivity index (χ4n) is 3.47. The van der Waals surface area contributed by atoms with Crippen LogP contribution in [-0.2, 0) is 6.42 Å². The lowest BCUT2D eigenvalue weighted by atomic mass is 9.96. The second-order valence-electron chi connectivity index (χ2n) is 6.45. The van der Waals surface area contributed by atoms with Crippen molar-refractivity contribution in [1.82, 2.24) is 15.1 Å². The fourth-order valence-corrected chi connectivity index (χ4v) is 3.83. The summed E-state index contributed by atoms with van der Waals surface area (Å²) in [4.78, 5) is 4.92. The number of nitrogens with zero attached hydrogens (tertiary/aromatic N) is 2. The molecule has 116 valence electrons. The van der Waals surface area contributed by atoms with Crippen molar-refractivity contribution in [3.63, 3.8) is 0 Å². The van der Waals surface area contributed by atoms with E-state index in [-0.39, 0.29) is 0 Å². The van der Waals surface area contributed by atoms with Crippen molar-refractivity contribution in [1.29, 1.82) is 0 Å². The Morgan fingerprint density at radius 2 is 2.05 bits per heavy atom. The molecule has 1 aromatic rings. The molecule has 2 aliphatic heterocycles. The molecule has 0 saturated carbocycles. The number of likely N-dealkylation sites (N-methyl/N-ethyl adjacent to an activating group) is 1. The van der Waals surface area contributed by atoms with Crippen molar-refractivity contribution in [3.8, 4) is 0 Å². The first-order valence-corrected chi connectivity index (χ1v) is 8.50. The van der Waals surface area contributed by atoms with E-state index in [2.05, 4.69) is 40.4 Å². The molecule has 1 aromatic carbocycles. The van der Waals surface area contributed by atoms with Crippen LogP contribution in [0.5, 0.6) is 0 Å². The lowest BCUT2D eigenvalue weighted by Gasteiger charge is -2.27. The monoisotopic (exact) mass is 307 g/mol. The zero-order valence-corrected chi connectivity index (χ0v) is 13.7. The van der Waals surface area contributed by atoms with E-state index < -0.39 is 0 Å². The van der Waals surface area contributed by atoms with Gasteiger partial charge in [-0.25, -0.2) is 0 Å². The maximum Gasteiger partial charge on any atom is 0.0444 e. The Morgan fingerprint density at radius 1 is 1.24 bits per heavy atom. The van der Waals surface area contributed by atoms with Gasteiger partial charge in [-0.2, -0.15) is 0 Å². The Labute approximate surface area is 133 Å².